The number of methoxy groups -OCH3 is 2. The van der Waals surface area contributed by atoms with Crippen molar-refractivity contribution in [1.82, 2.24) is 15.4 Å². The molecule has 192 valence electrons. The Kier molecular flexibility index (Phi) is 10.7. The molecule has 2 aromatic rings. The molecule has 0 spiro atoms. The number of anilines is 1. The smallest absolute Gasteiger partial charge is 0.358 e. The molecule has 1 aliphatic heterocycles. The number of urea groups is 1. The predicted octanol–water partition coefficient (Wildman–Crippen LogP) is 2.66. The molecule has 0 saturated carbocycles. The summed E-state index contributed by atoms with van der Waals surface area (Å²) >= 11 is 0. The quantitative estimate of drug-likeness (QED) is 0.464. The number of amides is 3. The van der Waals surface area contributed by atoms with E-state index in [1.54, 1.807) is 25.5 Å². The molecule has 1 atom stereocenters. The van der Waals surface area contributed by atoms with Gasteiger partial charge < -0.3 is 9.47 Å². The molecule has 2 heterocycles. The van der Waals surface area contributed by atoms with Crippen LogP contribution < -0.4 is 10.3 Å². The number of hydrogen-bond acceptors (Lipinski definition) is 8. The van der Waals surface area contributed by atoms with Gasteiger partial charge in [0.2, 0.25) is 0 Å². The number of rotatable bonds is 7. The second kappa shape index (κ2) is 13.7. The van der Waals surface area contributed by atoms with Gasteiger partial charge in [0.25, 0.3) is 5.91 Å². The Hall–Kier alpha value is -4.12. The third-order valence-corrected chi connectivity index (χ3v) is 5.13. The van der Waals surface area contributed by atoms with Crippen LogP contribution in [0.3, 0.4) is 0 Å². The first-order valence-electron chi connectivity index (χ1n) is 11.2. The van der Waals surface area contributed by atoms with E-state index in [4.69, 9.17) is 9.47 Å². The van der Waals surface area contributed by atoms with Gasteiger partial charge in [-0.1, -0.05) is 24.3 Å². The summed E-state index contributed by atoms with van der Waals surface area (Å²) in [6.45, 7) is 7.59. The van der Waals surface area contributed by atoms with Crippen molar-refractivity contribution in [3.8, 4) is 0 Å². The van der Waals surface area contributed by atoms with E-state index in [-0.39, 0.29) is 18.5 Å². The highest BCUT2D eigenvalue weighted by molar-refractivity contribution is 6.01. The lowest BCUT2D eigenvalue weighted by Gasteiger charge is -2.30. The highest BCUT2D eigenvalue weighted by Gasteiger charge is 2.29. The Balaban J connectivity index is 0.000000259. The fourth-order valence-corrected chi connectivity index (χ4v) is 3.40. The van der Waals surface area contributed by atoms with Gasteiger partial charge in [0.15, 0.2) is 0 Å². The summed E-state index contributed by atoms with van der Waals surface area (Å²) in [5.41, 5.74) is 6.59. The van der Waals surface area contributed by atoms with Gasteiger partial charge in [-0.05, 0) is 44.9 Å². The lowest BCUT2D eigenvalue weighted by molar-refractivity contribution is -0.143. The van der Waals surface area contributed by atoms with Crippen molar-refractivity contribution in [2.75, 3.05) is 32.3 Å². The Morgan fingerprint density at radius 3 is 2.47 bits per heavy atom. The number of para-hydroxylation sites is 1. The minimum absolute atomic E-state index is 0.0882. The predicted molar refractivity (Wildman–Crippen MR) is 137 cm³/mol. The fourth-order valence-electron chi connectivity index (χ4n) is 3.40. The summed E-state index contributed by atoms with van der Waals surface area (Å²) in [7, 11) is 2.76. The third-order valence-electron chi connectivity index (χ3n) is 5.13. The fraction of sp³-hybridized carbons (Fsp3) is 0.360. The number of pyridine rings is 1. The number of nitrogens with zero attached hydrogens (tertiary/aromatic N) is 5. The molecule has 36 heavy (non-hydrogen) atoms. The van der Waals surface area contributed by atoms with Crippen LogP contribution >= 0.6 is 0 Å². The molecular weight excluding hydrogens is 464 g/mol. The average Bonchev–Trinajstić information content (AvgIpc) is 2.87. The Bertz CT molecular complexity index is 1100. The summed E-state index contributed by atoms with van der Waals surface area (Å²) in [5, 5.41) is 9.18. The molecule has 1 aliphatic rings. The molecule has 1 N–H and O–H groups in total. The lowest BCUT2D eigenvalue weighted by Crippen LogP contribution is -2.46. The van der Waals surface area contributed by atoms with E-state index in [1.165, 1.54) is 24.1 Å². The van der Waals surface area contributed by atoms with Gasteiger partial charge in [-0.25, -0.2) is 20.0 Å². The van der Waals surface area contributed by atoms with Crippen molar-refractivity contribution in [1.29, 1.82) is 0 Å². The number of hydrogen-bond donors (Lipinski definition) is 1. The second-order valence-corrected chi connectivity index (χ2v) is 7.99. The van der Waals surface area contributed by atoms with Crippen LogP contribution in [0.25, 0.3) is 0 Å². The van der Waals surface area contributed by atoms with E-state index in [0.29, 0.717) is 6.54 Å². The lowest BCUT2D eigenvalue weighted by atomic mass is 10.1. The number of carbonyl (C=O) groups is 3. The largest absolute Gasteiger partial charge is 0.467 e. The Morgan fingerprint density at radius 1 is 1.19 bits per heavy atom. The first kappa shape index (κ1) is 28.1. The topological polar surface area (TPSA) is 126 Å². The maximum absolute atomic E-state index is 12.3. The highest BCUT2D eigenvalue weighted by atomic mass is 16.5. The molecule has 0 saturated heterocycles. The minimum Gasteiger partial charge on any atom is -0.467 e. The zero-order chi connectivity index (χ0) is 26.7. The molecule has 11 heteroatoms. The molecule has 0 aliphatic carbocycles. The van der Waals surface area contributed by atoms with Gasteiger partial charge >= 0.3 is 12.0 Å². The van der Waals surface area contributed by atoms with Gasteiger partial charge in [0, 0.05) is 25.1 Å². The van der Waals surface area contributed by atoms with Crippen molar-refractivity contribution in [2.24, 2.45) is 10.2 Å². The Morgan fingerprint density at radius 2 is 1.89 bits per heavy atom. The van der Waals surface area contributed by atoms with Crippen molar-refractivity contribution >= 4 is 35.5 Å². The van der Waals surface area contributed by atoms with E-state index in [0.717, 1.165) is 28.1 Å². The zero-order valence-corrected chi connectivity index (χ0v) is 21.4. The van der Waals surface area contributed by atoms with Gasteiger partial charge in [0.05, 0.1) is 31.3 Å². The molecule has 0 unspecified atom stereocenters. The van der Waals surface area contributed by atoms with Crippen LogP contribution in [-0.4, -0.2) is 73.2 Å². The molecule has 1 aromatic heterocycles. The molecule has 0 radical (unpaired) electrons. The van der Waals surface area contributed by atoms with Crippen molar-refractivity contribution < 1.29 is 23.9 Å². The Labute approximate surface area is 210 Å². The molecule has 3 amide bonds. The minimum atomic E-state index is -0.706. The average molecular weight is 497 g/mol. The van der Waals surface area contributed by atoms with E-state index >= 15 is 0 Å². The summed E-state index contributed by atoms with van der Waals surface area (Å²) in [4.78, 5) is 40.8. The van der Waals surface area contributed by atoms with Gasteiger partial charge in [-0.2, -0.15) is 10.2 Å². The summed E-state index contributed by atoms with van der Waals surface area (Å²) in [5.74, 6) is -0.736. The van der Waals surface area contributed by atoms with Gasteiger partial charge in [-0.3, -0.25) is 14.7 Å². The van der Waals surface area contributed by atoms with Crippen LogP contribution in [0.2, 0.25) is 0 Å². The van der Waals surface area contributed by atoms with Gasteiger partial charge in [-0.15, -0.1) is 0 Å². The number of aryl methyl sites for hydroxylation is 2. The van der Waals surface area contributed by atoms with Crippen LogP contribution in [0.15, 0.2) is 52.9 Å². The first-order chi connectivity index (χ1) is 17.2. The standard InChI is InChI=1S/C15H21NO4.C10H11N5O/c1-10-7-6-8-11(2)14(10)16(13(17)9-19-4)12(3)15(18)20-5;1-8-7-15(10(16)14-13-8)12-6-9-3-2-4-11-5-9/h6-8,12H,9H2,1-5H3;2-6H,7H2,1H3,(H,14,16)/b;12-6+/t12-;/m1./s1. The van der Waals surface area contributed by atoms with Crippen molar-refractivity contribution in [3.05, 3.63) is 59.4 Å². The van der Waals surface area contributed by atoms with Crippen LogP contribution in [0.5, 0.6) is 0 Å². The number of aromatic nitrogens is 1. The summed E-state index contributed by atoms with van der Waals surface area (Å²) in [6.07, 6.45) is 4.94. The normalized spacial score (nSPS) is 13.8. The second-order valence-electron chi connectivity index (χ2n) is 7.99. The zero-order valence-electron chi connectivity index (χ0n) is 21.4. The molecule has 1 aromatic carbocycles. The van der Waals surface area contributed by atoms with Crippen molar-refractivity contribution in [3.63, 3.8) is 0 Å². The van der Waals surface area contributed by atoms with Crippen molar-refractivity contribution in [2.45, 2.75) is 33.7 Å². The number of carbonyl (C=O) groups excluding carboxylic acids is 3. The number of ether oxygens (including phenoxy) is 2. The summed E-state index contributed by atoms with van der Waals surface area (Å²) in [6, 6.07) is 8.35. The van der Waals surface area contributed by atoms with Crippen LogP contribution in [-0.2, 0) is 19.1 Å². The number of hydrazone groups is 2. The monoisotopic (exact) mass is 496 g/mol. The number of nitrogens with one attached hydrogen (secondary N) is 1. The maximum atomic E-state index is 12.3. The van der Waals surface area contributed by atoms with E-state index in [2.05, 4.69) is 20.6 Å². The maximum Gasteiger partial charge on any atom is 0.358 e. The molecule has 3 rings (SSSR count). The highest BCUT2D eigenvalue weighted by Crippen LogP contribution is 2.27. The van der Waals surface area contributed by atoms with Crippen LogP contribution in [0.1, 0.15) is 30.5 Å². The molecular formula is C25H32N6O5. The van der Waals surface area contributed by atoms with E-state index < -0.39 is 12.0 Å². The van der Waals surface area contributed by atoms with Crippen LogP contribution in [0.4, 0.5) is 10.5 Å². The number of esters is 1. The van der Waals surface area contributed by atoms with Crippen LogP contribution in [0, 0.1) is 13.8 Å². The first-order valence-corrected chi connectivity index (χ1v) is 11.2. The van der Waals surface area contributed by atoms with E-state index in [9.17, 15) is 14.4 Å². The van der Waals surface area contributed by atoms with Gasteiger partial charge in [0.1, 0.15) is 12.6 Å². The SMILES string of the molecule is CC1=NNC(=O)N(/N=C/c2cccnc2)C1.COCC(=O)N(c1c(C)cccc1C)[C@H](C)C(=O)OC. The molecule has 11 nitrogen and oxygen atoms in total. The number of benzene rings is 1. The van der Waals surface area contributed by atoms with E-state index in [1.807, 2.05) is 51.1 Å². The molecule has 0 bridgehead atoms. The molecule has 0 fully saturated rings. The summed E-state index contributed by atoms with van der Waals surface area (Å²) < 4.78 is 9.65. The third kappa shape index (κ3) is 7.70.